The summed E-state index contributed by atoms with van der Waals surface area (Å²) in [5.41, 5.74) is 2.02. The molecule has 2 heterocycles. The summed E-state index contributed by atoms with van der Waals surface area (Å²) in [6.07, 6.45) is 9.59. The van der Waals surface area contributed by atoms with Crippen LogP contribution in [0.5, 0.6) is 0 Å². The van der Waals surface area contributed by atoms with Gasteiger partial charge in [-0.1, -0.05) is 25.7 Å². The Morgan fingerprint density at radius 2 is 2.19 bits per heavy atom. The van der Waals surface area contributed by atoms with Gasteiger partial charge in [-0.3, -0.25) is 14.4 Å². The number of aromatic amines is 1. The van der Waals surface area contributed by atoms with Crippen molar-refractivity contribution in [3.63, 3.8) is 0 Å². The topological polar surface area (TPSA) is 73.5 Å². The lowest BCUT2D eigenvalue weighted by Crippen LogP contribution is -2.61. The van der Waals surface area contributed by atoms with Crippen molar-refractivity contribution < 1.29 is 9.59 Å². The summed E-state index contributed by atoms with van der Waals surface area (Å²) in [7, 11) is 0. The zero-order chi connectivity index (χ0) is 18.7. The van der Waals surface area contributed by atoms with E-state index in [1.165, 1.54) is 6.08 Å². The van der Waals surface area contributed by atoms with Crippen LogP contribution in [0.2, 0.25) is 0 Å². The Balaban J connectivity index is 1.88. The maximum atomic E-state index is 12.5. The number of hydrogen-bond donors (Lipinski definition) is 1. The van der Waals surface area contributed by atoms with Crippen molar-refractivity contribution >= 4 is 23.0 Å². The molecule has 2 aliphatic rings. The summed E-state index contributed by atoms with van der Waals surface area (Å²) in [5, 5.41) is 0. The number of rotatable bonds is 6. The highest BCUT2D eigenvalue weighted by Crippen LogP contribution is 2.25. The van der Waals surface area contributed by atoms with Crippen LogP contribution in [0, 0.1) is 0 Å². The van der Waals surface area contributed by atoms with Crippen molar-refractivity contribution in [1.82, 2.24) is 9.88 Å². The van der Waals surface area contributed by atoms with Crippen LogP contribution in [0.15, 0.2) is 47.9 Å². The quantitative estimate of drug-likeness (QED) is 0.793. The van der Waals surface area contributed by atoms with Crippen LogP contribution < -0.4 is 10.5 Å². The number of hydrogen-bond acceptors (Lipinski definition) is 4. The van der Waals surface area contributed by atoms with Gasteiger partial charge in [0, 0.05) is 37.8 Å². The molecule has 0 saturated carbocycles. The van der Waals surface area contributed by atoms with Gasteiger partial charge in [0.1, 0.15) is 5.69 Å². The summed E-state index contributed by atoms with van der Waals surface area (Å²) < 4.78 is 0. The SMILES string of the molecule is C=CC(=O)N1CC(N(CCC)c2cc(C3=CC(=O)CC=C3)c[nH]c2=O)C1. The Bertz CT molecular complexity index is 844. The Labute approximate surface area is 152 Å². The van der Waals surface area contributed by atoms with Crippen LogP contribution in [0.4, 0.5) is 5.69 Å². The number of amides is 1. The first-order valence-electron chi connectivity index (χ1n) is 8.85. The van der Waals surface area contributed by atoms with Crippen molar-refractivity contribution in [2.75, 3.05) is 24.5 Å². The zero-order valence-corrected chi connectivity index (χ0v) is 14.9. The molecule has 0 unspecified atom stereocenters. The van der Waals surface area contributed by atoms with Crippen LogP contribution in [-0.2, 0) is 9.59 Å². The second-order valence-corrected chi connectivity index (χ2v) is 6.57. The maximum Gasteiger partial charge on any atom is 0.271 e. The van der Waals surface area contributed by atoms with Crippen LogP contribution in [-0.4, -0.2) is 47.3 Å². The van der Waals surface area contributed by atoms with Gasteiger partial charge in [0.15, 0.2) is 5.78 Å². The largest absolute Gasteiger partial charge is 0.361 e. The minimum absolute atomic E-state index is 0.0539. The third-order valence-electron chi connectivity index (χ3n) is 4.71. The molecule has 3 rings (SSSR count). The molecule has 136 valence electrons. The first-order chi connectivity index (χ1) is 12.5. The average molecular weight is 353 g/mol. The monoisotopic (exact) mass is 353 g/mol. The van der Waals surface area contributed by atoms with Gasteiger partial charge in [0.25, 0.3) is 5.56 Å². The molecule has 1 amide bonds. The summed E-state index contributed by atoms with van der Waals surface area (Å²) in [6.45, 7) is 7.45. The number of pyridine rings is 1. The lowest BCUT2D eigenvalue weighted by atomic mass is 9.99. The highest BCUT2D eigenvalue weighted by Gasteiger charge is 2.34. The lowest BCUT2D eigenvalue weighted by molar-refractivity contribution is -0.130. The van der Waals surface area contributed by atoms with Gasteiger partial charge in [-0.05, 0) is 30.2 Å². The smallest absolute Gasteiger partial charge is 0.271 e. The van der Waals surface area contributed by atoms with E-state index in [1.807, 2.05) is 18.2 Å². The van der Waals surface area contributed by atoms with Gasteiger partial charge in [-0.2, -0.15) is 0 Å². The number of carbonyl (C=O) groups excluding carboxylic acids is 2. The lowest BCUT2D eigenvalue weighted by Gasteiger charge is -2.45. The molecule has 1 N–H and O–H groups in total. The van der Waals surface area contributed by atoms with E-state index < -0.39 is 0 Å². The normalized spacial score (nSPS) is 16.9. The van der Waals surface area contributed by atoms with E-state index in [9.17, 15) is 14.4 Å². The molecule has 1 fully saturated rings. The molecular formula is C20H23N3O3. The van der Waals surface area contributed by atoms with Crippen LogP contribution >= 0.6 is 0 Å². The van der Waals surface area contributed by atoms with Gasteiger partial charge in [0.2, 0.25) is 5.91 Å². The second kappa shape index (κ2) is 7.56. The van der Waals surface area contributed by atoms with E-state index in [0.717, 1.165) is 24.1 Å². The Morgan fingerprint density at radius 3 is 2.85 bits per heavy atom. The standard InChI is InChI=1S/C20H23N3O3/c1-3-8-23(16-12-22(13-16)19(25)4-2)18-10-15(11-21-20(18)26)14-6-5-7-17(24)9-14/h4-6,9-11,16H,2-3,7-8,12-13H2,1H3,(H,21,26). The van der Waals surface area contributed by atoms with E-state index in [4.69, 9.17) is 0 Å². The predicted octanol–water partition coefficient (Wildman–Crippen LogP) is 1.90. The van der Waals surface area contributed by atoms with Crippen LogP contribution in [0.3, 0.4) is 0 Å². The molecule has 0 aromatic carbocycles. The summed E-state index contributed by atoms with van der Waals surface area (Å²) in [5.74, 6) is -0.0328. The summed E-state index contributed by atoms with van der Waals surface area (Å²) >= 11 is 0. The molecule has 26 heavy (non-hydrogen) atoms. The van der Waals surface area contributed by atoms with E-state index in [0.29, 0.717) is 25.2 Å². The third kappa shape index (κ3) is 3.54. The van der Waals surface area contributed by atoms with Gasteiger partial charge < -0.3 is 14.8 Å². The van der Waals surface area contributed by atoms with E-state index in [1.54, 1.807) is 17.2 Å². The number of aromatic nitrogens is 1. The van der Waals surface area contributed by atoms with Crippen molar-refractivity contribution in [3.8, 4) is 0 Å². The number of nitrogens with one attached hydrogen (secondary N) is 1. The second-order valence-electron chi connectivity index (χ2n) is 6.57. The van der Waals surface area contributed by atoms with Crippen LogP contribution in [0.25, 0.3) is 5.57 Å². The Kier molecular flexibility index (Phi) is 5.21. The minimum atomic E-state index is -0.164. The molecule has 1 saturated heterocycles. The molecule has 6 nitrogen and oxygen atoms in total. The van der Waals surface area contributed by atoms with E-state index in [2.05, 4.69) is 23.4 Å². The number of H-pyrrole nitrogens is 1. The van der Waals surface area contributed by atoms with Crippen molar-refractivity contribution in [1.29, 1.82) is 0 Å². The van der Waals surface area contributed by atoms with Crippen molar-refractivity contribution in [2.45, 2.75) is 25.8 Å². The minimum Gasteiger partial charge on any atom is -0.361 e. The van der Waals surface area contributed by atoms with Gasteiger partial charge in [-0.25, -0.2) is 0 Å². The number of nitrogens with zero attached hydrogens (tertiary/aromatic N) is 2. The zero-order valence-electron chi connectivity index (χ0n) is 14.9. The third-order valence-corrected chi connectivity index (χ3v) is 4.71. The molecule has 0 atom stereocenters. The van der Waals surface area contributed by atoms with Gasteiger partial charge in [-0.15, -0.1) is 0 Å². The molecule has 0 bridgehead atoms. The first-order valence-corrected chi connectivity index (χ1v) is 8.85. The molecule has 1 aliphatic carbocycles. The van der Waals surface area contributed by atoms with Gasteiger partial charge >= 0.3 is 0 Å². The molecule has 1 aromatic rings. The average Bonchev–Trinajstić information content (AvgIpc) is 2.60. The van der Waals surface area contributed by atoms with E-state index >= 15 is 0 Å². The Morgan fingerprint density at radius 1 is 1.42 bits per heavy atom. The Hall–Kier alpha value is -2.89. The summed E-state index contributed by atoms with van der Waals surface area (Å²) in [4.78, 5) is 42.4. The maximum absolute atomic E-state index is 12.5. The van der Waals surface area contributed by atoms with Crippen LogP contribution in [0.1, 0.15) is 25.3 Å². The molecular weight excluding hydrogens is 330 g/mol. The molecule has 0 spiro atoms. The highest BCUT2D eigenvalue weighted by molar-refractivity contribution is 6.01. The number of ketones is 1. The van der Waals surface area contributed by atoms with Gasteiger partial charge in [0.05, 0.1) is 6.04 Å². The number of carbonyl (C=O) groups is 2. The molecule has 6 heteroatoms. The van der Waals surface area contributed by atoms with Crippen molar-refractivity contribution in [2.24, 2.45) is 0 Å². The number of allylic oxidation sites excluding steroid dienone is 4. The fourth-order valence-electron chi connectivity index (χ4n) is 3.32. The first kappa shape index (κ1) is 17.9. The van der Waals surface area contributed by atoms with Crippen molar-refractivity contribution in [3.05, 3.63) is 59.1 Å². The number of anilines is 1. The highest BCUT2D eigenvalue weighted by atomic mass is 16.2. The molecule has 0 radical (unpaired) electrons. The fraction of sp³-hybridized carbons (Fsp3) is 0.350. The number of likely N-dealkylation sites (tertiary alicyclic amines) is 1. The molecule has 1 aliphatic heterocycles. The van der Waals surface area contributed by atoms with E-state index in [-0.39, 0.29) is 23.3 Å². The predicted molar refractivity (Wildman–Crippen MR) is 102 cm³/mol. The fourth-order valence-corrected chi connectivity index (χ4v) is 3.32. The molecule has 1 aromatic heterocycles. The summed E-state index contributed by atoms with van der Waals surface area (Å²) in [6, 6.07) is 1.94.